The summed E-state index contributed by atoms with van der Waals surface area (Å²) in [6.07, 6.45) is 0. The molecule has 0 saturated heterocycles. The topological polar surface area (TPSA) is 57.5 Å². The number of aromatic hydroxyl groups is 1. The maximum Gasteiger partial charge on any atom is 0.339 e. The average molecular weight is 243 g/mol. The number of hydrogen-bond acceptors (Lipinski definition) is 2. The monoisotopic (exact) mass is 242 g/mol. The summed E-state index contributed by atoms with van der Waals surface area (Å²) in [6, 6.07) is 1.62. The molecule has 0 bridgehead atoms. The first kappa shape index (κ1) is 12.8. The molecule has 0 aliphatic carbocycles. The van der Waals surface area contributed by atoms with Crippen LogP contribution in [-0.4, -0.2) is 16.2 Å². The molecule has 0 fully saturated rings. The van der Waals surface area contributed by atoms with Crippen molar-refractivity contribution in [3.63, 3.8) is 0 Å². The van der Waals surface area contributed by atoms with Crippen LogP contribution in [0.3, 0.4) is 0 Å². The highest BCUT2D eigenvalue weighted by Crippen LogP contribution is 2.38. The van der Waals surface area contributed by atoms with Gasteiger partial charge in [0.2, 0.25) is 0 Å². The highest BCUT2D eigenvalue weighted by molar-refractivity contribution is 6.32. The zero-order valence-electron chi connectivity index (χ0n) is 9.76. The zero-order chi connectivity index (χ0) is 12.7. The number of benzene rings is 1. The number of rotatable bonds is 1. The van der Waals surface area contributed by atoms with Crippen LogP contribution in [0.5, 0.6) is 5.75 Å². The van der Waals surface area contributed by atoms with Crippen molar-refractivity contribution in [1.29, 1.82) is 0 Å². The molecule has 1 rings (SSSR count). The molecule has 4 heteroatoms. The van der Waals surface area contributed by atoms with Gasteiger partial charge in [-0.1, -0.05) is 32.4 Å². The molecule has 3 nitrogen and oxygen atoms in total. The van der Waals surface area contributed by atoms with Crippen molar-refractivity contribution in [3.05, 3.63) is 27.8 Å². The minimum atomic E-state index is -1.16. The van der Waals surface area contributed by atoms with Gasteiger partial charge in [0.05, 0.1) is 0 Å². The third-order valence-corrected chi connectivity index (χ3v) is 2.91. The van der Waals surface area contributed by atoms with Crippen LogP contribution >= 0.6 is 11.6 Å². The van der Waals surface area contributed by atoms with Crippen molar-refractivity contribution in [2.24, 2.45) is 0 Å². The molecule has 2 N–H and O–H groups in total. The number of carboxylic acid groups (broad SMARTS) is 1. The van der Waals surface area contributed by atoms with Crippen molar-refractivity contribution in [3.8, 4) is 5.75 Å². The van der Waals surface area contributed by atoms with Crippen molar-refractivity contribution < 1.29 is 15.0 Å². The number of halogens is 1. The fourth-order valence-corrected chi connectivity index (χ4v) is 1.77. The van der Waals surface area contributed by atoms with Crippen molar-refractivity contribution in [2.75, 3.05) is 0 Å². The second-order valence-electron chi connectivity index (χ2n) is 4.81. The largest absolute Gasteiger partial charge is 0.507 e. The smallest absolute Gasteiger partial charge is 0.339 e. The third kappa shape index (κ3) is 2.14. The van der Waals surface area contributed by atoms with E-state index >= 15 is 0 Å². The van der Waals surface area contributed by atoms with Crippen LogP contribution < -0.4 is 0 Å². The Balaban J connectivity index is 3.64. The second kappa shape index (κ2) is 3.98. The molecule has 88 valence electrons. The molecule has 0 unspecified atom stereocenters. The Kier molecular flexibility index (Phi) is 3.20. The first-order valence-electron chi connectivity index (χ1n) is 4.92. The Hall–Kier alpha value is -1.22. The molecule has 0 saturated carbocycles. The Morgan fingerprint density at radius 1 is 1.38 bits per heavy atom. The average Bonchev–Trinajstić information content (AvgIpc) is 2.09. The maximum absolute atomic E-state index is 11.1. The molecule has 0 aliphatic rings. The number of aromatic carboxylic acids is 1. The van der Waals surface area contributed by atoms with Crippen molar-refractivity contribution in [1.82, 2.24) is 0 Å². The molecule has 0 aliphatic heterocycles. The summed E-state index contributed by atoms with van der Waals surface area (Å²) in [5, 5.41) is 19.4. The summed E-state index contributed by atoms with van der Waals surface area (Å²) in [7, 11) is 0. The number of carboxylic acids is 1. The standard InChI is InChI=1S/C12H15ClO3/c1-6-8(13)5-7(12(2,3)4)10(14)9(6)11(15)16/h5,14H,1-4H3,(H,15,16). The highest BCUT2D eigenvalue weighted by atomic mass is 35.5. The van der Waals surface area contributed by atoms with Gasteiger partial charge >= 0.3 is 5.97 Å². The SMILES string of the molecule is Cc1c(Cl)cc(C(C)(C)C)c(O)c1C(=O)O. The minimum absolute atomic E-state index is 0.113. The third-order valence-electron chi connectivity index (χ3n) is 2.52. The van der Waals surface area contributed by atoms with E-state index in [9.17, 15) is 9.90 Å². The molecular formula is C12H15ClO3. The van der Waals surface area contributed by atoms with Gasteiger partial charge in [-0.25, -0.2) is 4.79 Å². The Labute approximate surface area is 99.7 Å². The van der Waals surface area contributed by atoms with Gasteiger partial charge in [-0.05, 0) is 24.0 Å². The summed E-state index contributed by atoms with van der Waals surface area (Å²) in [5.74, 6) is -1.36. The van der Waals surface area contributed by atoms with Crippen LogP contribution in [0.1, 0.15) is 42.3 Å². The first-order valence-corrected chi connectivity index (χ1v) is 5.30. The first-order chi connectivity index (χ1) is 7.16. The van der Waals surface area contributed by atoms with Gasteiger partial charge in [0, 0.05) is 10.6 Å². The number of hydrogen-bond donors (Lipinski definition) is 2. The predicted molar refractivity (Wildman–Crippen MR) is 63.5 cm³/mol. The molecule has 1 aromatic rings. The molecule has 0 heterocycles. The predicted octanol–water partition coefficient (Wildman–Crippen LogP) is 3.35. The quantitative estimate of drug-likeness (QED) is 0.794. The number of phenols is 1. The Morgan fingerprint density at radius 2 is 1.88 bits per heavy atom. The van der Waals surface area contributed by atoms with E-state index in [1.54, 1.807) is 13.0 Å². The molecule has 1 aromatic carbocycles. The fraction of sp³-hybridized carbons (Fsp3) is 0.417. The van der Waals surface area contributed by atoms with E-state index in [2.05, 4.69) is 0 Å². The van der Waals surface area contributed by atoms with Crippen LogP contribution in [-0.2, 0) is 5.41 Å². The van der Waals surface area contributed by atoms with Gasteiger partial charge in [0.15, 0.2) is 0 Å². The van der Waals surface area contributed by atoms with Gasteiger partial charge in [-0.3, -0.25) is 0 Å². The lowest BCUT2D eigenvalue weighted by atomic mass is 9.84. The van der Waals surface area contributed by atoms with Gasteiger partial charge in [-0.2, -0.15) is 0 Å². The summed E-state index contributed by atoms with van der Waals surface area (Å²) >= 11 is 5.97. The van der Waals surface area contributed by atoms with Crippen molar-refractivity contribution >= 4 is 17.6 Å². The maximum atomic E-state index is 11.1. The van der Waals surface area contributed by atoms with Crippen LogP contribution in [0, 0.1) is 6.92 Å². The summed E-state index contributed by atoms with van der Waals surface area (Å²) in [4.78, 5) is 11.1. The Morgan fingerprint density at radius 3 is 2.25 bits per heavy atom. The molecule has 0 radical (unpaired) electrons. The molecule has 16 heavy (non-hydrogen) atoms. The van der Waals surface area contributed by atoms with Gasteiger partial charge in [0.1, 0.15) is 11.3 Å². The van der Waals surface area contributed by atoms with Crippen molar-refractivity contribution in [2.45, 2.75) is 33.1 Å². The van der Waals surface area contributed by atoms with Gasteiger partial charge in [-0.15, -0.1) is 0 Å². The summed E-state index contributed by atoms with van der Waals surface area (Å²) < 4.78 is 0. The minimum Gasteiger partial charge on any atom is -0.507 e. The summed E-state index contributed by atoms with van der Waals surface area (Å²) in [5.41, 5.74) is 0.462. The van der Waals surface area contributed by atoms with Gasteiger partial charge in [0.25, 0.3) is 0 Å². The molecule has 0 aromatic heterocycles. The van der Waals surface area contributed by atoms with E-state index in [-0.39, 0.29) is 16.7 Å². The lowest BCUT2D eigenvalue weighted by Gasteiger charge is -2.22. The van der Waals surface area contributed by atoms with Crippen LogP contribution in [0.25, 0.3) is 0 Å². The lowest BCUT2D eigenvalue weighted by Crippen LogP contribution is -2.14. The molecule has 0 spiro atoms. The van der Waals surface area contributed by atoms with E-state index in [0.717, 1.165) is 0 Å². The lowest BCUT2D eigenvalue weighted by molar-refractivity contribution is 0.0692. The zero-order valence-corrected chi connectivity index (χ0v) is 10.5. The van der Waals surface area contributed by atoms with Gasteiger partial charge < -0.3 is 10.2 Å². The highest BCUT2D eigenvalue weighted by Gasteiger charge is 2.25. The molecule has 0 amide bonds. The van der Waals surface area contributed by atoms with E-state index < -0.39 is 5.97 Å². The van der Waals surface area contributed by atoms with E-state index in [0.29, 0.717) is 16.1 Å². The molecule has 0 atom stereocenters. The van der Waals surface area contributed by atoms with Crippen LogP contribution in [0.4, 0.5) is 0 Å². The van der Waals surface area contributed by atoms with E-state index in [1.807, 2.05) is 20.8 Å². The van der Waals surface area contributed by atoms with Crippen LogP contribution in [0.2, 0.25) is 5.02 Å². The van der Waals surface area contributed by atoms with Crippen LogP contribution in [0.15, 0.2) is 6.07 Å². The normalized spacial score (nSPS) is 11.6. The number of carbonyl (C=O) groups is 1. The molecular weight excluding hydrogens is 228 g/mol. The Bertz CT molecular complexity index is 445. The van der Waals surface area contributed by atoms with E-state index in [4.69, 9.17) is 16.7 Å². The fourth-order valence-electron chi connectivity index (χ4n) is 1.57. The second-order valence-corrected chi connectivity index (χ2v) is 5.22. The van der Waals surface area contributed by atoms with E-state index in [1.165, 1.54) is 0 Å². The summed E-state index contributed by atoms with van der Waals surface area (Å²) in [6.45, 7) is 7.25.